The number of halogens is 2. The Bertz CT molecular complexity index is 990. The number of aliphatic carboxylic acids is 1. The Morgan fingerprint density at radius 2 is 1.61 bits per heavy atom. The number of nitrogens with one attached hydrogen (secondary N) is 3. The summed E-state index contributed by atoms with van der Waals surface area (Å²) in [5.41, 5.74) is 1.42. The van der Waals surface area contributed by atoms with Gasteiger partial charge < -0.3 is 21.1 Å². The lowest BCUT2D eigenvalue weighted by Gasteiger charge is -2.21. The molecule has 0 saturated carbocycles. The summed E-state index contributed by atoms with van der Waals surface area (Å²) in [5.74, 6) is -5.19. The zero-order chi connectivity index (χ0) is 23.3. The van der Waals surface area contributed by atoms with E-state index in [1.165, 1.54) is 0 Å². The van der Waals surface area contributed by atoms with E-state index < -0.39 is 47.1 Å². The van der Waals surface area contributed by atoms with Gasteiger partial charge in [0.05, 0.1) is 11.3 Å². The number of hydrogen-bond acceptors (Lipinski definition) is 3. The van der Waals surface area contributed by atoms with Gasteiger partial charge in [-0.05, 0) is 37.0 Å². The van der Waals surface area contributed by atoms with Gasteiger partial charge in [0.25, 0.3) is 5.91 Å². The van der Waals surface area contributed by atoms with Crippen LogP contribution >= 0.6 is 0 Å². The quantitative estimate of drug-likeness (QED) is 0.517. The number of para-hydroxylation sites is 1. The van der Waals surface area contributed by atoms with E-state index in [1.807, 2.05) is 6.07 Å². The van der Waals surface area contributed by atoms with Gasteiger partial charge in [-0.3, -0.25) is 4.79 Å². The van der Waals surface area contributed by atoms with Gasteiger partial charge in [-0.1, -0.05) is 38.5 Å². The molecular formula is C22H25F2N3O4. The number of rotatable bonds is 7. The third kappa shape index (κ3) is 5.78. The molecule has 2 rings (SSSR count). The first-order valence-corrected chi connectivity index (χ1v) is 9.72. The molecule has 0 aromatic heterocycles. The molecule has 0 bridgehead atoms. The van der Waals surface area contributed by atoms with Gasteiger partial charge in [-0.25, -0.2) is 18.4 Å². The van der Waals surface area contributed by atoms with Crippen LogP contribution in [0.1, 0.15) is 41.8 Å². The van der Waals surface area contributed by atoms with E-state index in [9.17, 15) is 28.3 Å². The minimum Gasteiger partial charge on any atom is -0.480 e. The second-order valence-corrected chi connectivity index (χ2v) is 7.33. The van der Waals surface area contributed by atoms with Crippen LogP contribution in [-0.4, -0.2) is 29.1 Å². The number of carboxylic acid groups (broad SMARTS) is 1. The third-order valence-electron chi connectivity index (χ3n) is 5.04. The molecule has 31 heavy (non-hydrogen) atoms. The molecule has 4 N–H and O–H groups in total. The summed E-state index contributed by atoms with van der Waals surface area (Å²) in [6.45, 7) is 6.98. The molecule has 0 heterocycles. The van der Waals surface area contributed by atoms with Gasteiger partial charge in [-0.15, -0.1) is 0 Å². The van der Waals surface area contributed by atoms with Crippen molar-refractivity contribution >= 4 is 29.3 Å². The predicted molar refractivity (Wildman–Crippen MR) is 113 cm³/mol. The highest BCUT2D eigenvalue weighted by atomic mass is 19.2. The Labute approximate surface area is 178 Å². The number of benzene rings is 2. The van der Waals surface area contributed by atoms with E-state index in [1.54, 1.807) is 39.8 Å². The molecule has 1 unspecified atom stereocenters. The van der Waals surface area contributed by atoms with Crippen molar-refractivity contribution in [2.24, 2.45) is 5.92 Å². The van der Waals surface area contributed by atoms with Crippen LogP contribution in [0.4, 0.5) is 25.0 Å². The first-order chi connectivity index (χ1) is 14.5. The van der Waals surface area contributed by atoms with Crippen molar-refractivity contribution in [3.8, 4) is 0 Å². The second kappa shape index (κ2) is 10.0. The van der Waals surface area contributed by atoms with Crippen LogP contribution in [0.15, 0.2) is 30.3 Å². The van der Waals surface area contributed by atoms with Crippen molar-refractivity contribution < 1.29 is 28.3 Å². The van der Waals surface area contributed by atoms with Crippen LogP contribution in [-0.2, 0) is 4.79 Å². The molecule has 9 heteroatoms. The third-order valence-corrected chi connectivity index (χ3v) is 5.04. The molecule has 0 aliphatic carbocycles. The number of carbonyl (C=O) groups excluding carboxylic acids is 2. The first kappa shape index (κ1) is 23.8. The van der Waals surface area contributed by atoms with E-state index >= 15 is 0 Å². The summed E-state index contributed by atoms with van der Waals surface area (Å²) in [6.07, 6.45) is 0.471. The van der Waals surface area contributed by atoms with E-state index in [-0.39, 0.29) is 5.69 Å². The number of anilines is 2. The summed E-state index contributed by atoms with van der Waals surface area (Å²) in [6, 6.07) is 4.69. The summed E-state index contributed by atoms with van der Waals surface area (Å²) in [4.78, 5) is 36.6. The summed E-state index contributed by atoms with van der Waals surface area (Å²) in [7, 11) is 0. The van der Waals surface area contributed by atoms with Gasteiger partial charge >= 0.3 is 12.0 Å². The summed E-state index contributed by atoms with van der Waals surface area (Å²) in [5, 5.41) is 16.6. The zero-order valence-electron chi connectivity index (χ0n) is 17.7. The Morgan fingerprint density at radius 1 is 1.03 bits per heavy atom. The van der Waals surface area contributed by atoms with Crippen LogP contribution in [0.25, 0.3) is 0 Å². The fourth-order valence-electron chi connectivity index (χ4n) is 3.02. The van der Waals surface area contributed by atoms with Gasteiger partial charge in [-0.2, -0.15) is 0 Å². The Balaban J connectivity index is 2.32. The molecular weight excluding hydrogens is 408 g/mol. The minimum atomic E-state index is -1.30. The molecule has 0 aliphatic rings. The van der Waals surface area contributed by atoms with Crippen molar-refractivity contribution in [3.05, 3.63) is 58.7 Å². The predicted octanol–water partition coefficient (Wildman–Crippen LogP) is 4.45. The van der Waals surface area contributed by atoms with Crippen molar-refractivity contribution in [1.29, 1.82) is 0 Å². The van der Waals surface area contributed by atoms with Gasteiger partial charge in [0.2, 0.25) is 0 Å². The maximum atomic E-state index is 13.8. The van der Waals surface area contributed by atoms with Crippen molar-refractivity contribution in [2.75, 3.05) is 10.6 Å². The van der Waals surface area contributed by atoms with E-state index in [2.05, 4.69) is 16.0 Å². The Morgan fingerprint density at radius 3 is 2.16 bits per heavy atom. The molecule has 2 atom stereocenters. The second-order valence-electron chi connectivity index (χ2n) is 7.33. The lowest BCUT2D eigenvalue weighted by Crippen LogP contribution is -2.45. The zero-order valence-corrected chi connectivity index (χ0v) is 17.7. The largest absolute Gasteiger partial charge is 0.480 e. The highest BCUT2D eigenvalue weighted by Gasteiger charge is 2.27. The molecule has 2 aromatic rings. The highest BCUT2D eigenvalue weighted by molar-refractivity contribution is 6.07. The number of carboxylic acids is 1. The monoisotopic (exact) mass is 433 g/mol. The molecule has 0 saturated heterocycles. The number of urea groups is 1. The van der Waals surface area contributed by atoms with Crippen LogP contribution in [0.5, 0.6) is 0 Å². The maximum absolute atomic E-state index is 13.8. The van der Waals surface area contributed by atoms with E-state index in [0.29, 0.717) is 24.2 Å². The molecule has 0 radical (unpaired) electrons. The normalized spacial score (nSPS) is 12.6. The molecule has 3 amide bonds. The smallest absolute Gasteiger partial charge is 0.326 e. The lowest BCUT2D eigenvalue weighted by molar-refractivity contribution is -0.140. The molecule has 0 aliphatic heterocycles. The van der Waals surface area contributed by atoms with Crippen molar-refractivity contribution in [1.82, 2.24) is 5.32 Å². The standard InChI is InChI=1S/C22H25F2N3O4/c1-5-11(2)19(21(29)30)26-20(28)14-9-15(23)16(24)10-17(14)25-22(31)27-18-12(3)7-6-8-13(18)4/h6-11,19H,5H2,1-4H3,(H,26,28)(H,29,30)(H2,25,27,31)/t11?,19-/m0/s1. The fraction of sp³-hybridized carbons (Fsp3) is 0.318. The van der Waals surface area contributed by atoms with Gasteiger partial charge in [0, 0.05) is 11.8 Å². The SMILES string of the molecule is CCC(C)[C@H](NC(=O)c1cc(F)c(F)cc1NC(=O)Nc1c(C)cccc1C)C(=O)O. The Kier molecular flexibility index (Phi) is 7.68. The number of aryl methyl sites for hydroxylation is 2. The summed E-state index contributed by atoms with van der Waals surface area (Å²) < 4.78 is 27.7. The highest BCUT2D eigenvalue weighted by Crippen LogP contribution is 2.23. The lowest BCUT2D eigenvalue weighted by atomic mass is 9.98. The number of carbonyl (C=O) groups is 3. The van der Waals surface area contributed by atoms with Crippen molar-refractivity contribution in [2.45, 2.75) is 40.2 Å². The average molecular weight is 433 g/mol. The van der Waals surface area contributed by atoms with Gasteiger partial charge in [0.15, 0.2) is 11.6 Å². The molecule has 2 aromatic carbocycles. The van der Waals surface area contributed by atoms with Gasteiger partial charge in [0.1, 0.15) is 6.04 Å². The molecule has 0 fully saturated rings. The van der Waals surface area contributed by atoms with E-state index in [4.69, 9.17) is 0 Å². The molecule has 166 valence electrons. The van der Waals surface area contributed by atoms with E-state index in [0.717, 1.165) is 11.1 Å². The average Bonchev–Trinajstić information content (AvgIpc) is 2.70. The number of amides is 3. The number of hydrogen-bond donors (Lipinski definition) is 4. The van der Waals surface area contributed by atoms with Crippen LogP contribution < -0.4 is 16.0 Å². The Hall–Kier alpha value is -3.49. The topological polar surface area (TPSA) is 108 Å². The maximum Gasteiger partial charge on any atom is 0.326 e. The minimum absolute atomic E-state index is 0.298. The van der Waals surface area contributed by atoms with Crippen LogP contribution in [0, 0.1) is 31.4 Å². The first-order valence-electron chi connectivity index (χ1n) is 9.72. The van der Waals surface area contributed by atoms with Crippen molar-refractivity contribution in [3.63, 3.8) is 0 Å². The van der Waals surface area contributed by atoms with Crippen LogP contribution in [0.3, 0.4) is 0 Å². The van der Waals surface area contributed by atoms with Crippen LogP contribution in [0.2, 0.25) is 0 Å². The molecule has 0 spiro atoms. The molecule has 7 nitrogen and oxygen atoms in total. The summed E-state index contributed by atoms with van der Waals surface area (Å²) >= 11 is 0. The fourth-order valence-corrected chi connectivity index (χ4v) is 3.02.